The number of carboxylic acid groups (broad SMARTS) is 1. The Morgan fingerprint density at radius 3 is 2.35 bits per heavy atom. The number of nitrogens with zero attached hydrogens (tertiary/aromatic N) is 3. The van der Waals surface area contributed by atoms with Gasteiger partial charge in [0.15, 0.2) is 0 Å². The standard InChI is InChI=1S/C12H25N3O2/c1-13(2)7-8-15(11-12(16)17)10-9-14-5-3-4-6-14/h3-11H2,1-2H3,(H,16,17). The van der Waals surface area contributed by atoms with E-state index in [2.05, 4.69) is 9.80 Å². The second kappa shape index (κ2) is 7.63. The summed E-state index contributed by atoms with van der Waals surface area (Å²) < 4.78 is 0. The predicted octanol–water partition coefficient (Wildman–Crippen LogP) is 0.0304. The van der Waals surface area contributed by atoms with Crippen molar-refractivity contribution in [3.8, 4) is 0 Å². The quantitative estimate of drug-likeness (QED) is 0.652. The van der Waals surface area contributed by atoms with Gasteiger partial charge in [0.1, 0.15) is 0 Å². The maximum atomic E-state index is 10.8. The number of rotatable bonds is 8. The van der Waals surface area contributed by atoms with Gasteiger partial charge in [0, 0.05) is 26.2 Å². The third-order valence-corrected chi connectivity index (χ3v) is 3.15. The van der Waals surface area contributed by atoms with E-state index in [0.717, 1.165) is 26.2 Å². The fourth-order valence-corrected chi connectivity index (χ4v) is 2.09. The van der Waals surface area contributed by atoms with Crippen LogP contribution in [0.15, 0.2) is 0 Å². The van der Waals surface area contributed by atoms with E-state index in [1.165, 1.54) is 25.9 Å². The zero-order valence-corrected chi connectivity index (χ0v) is 11.1. The van der Waals surface area contributed by atoms with Crippen molar-refractivity contribution in [1.29, 1.82) is 0 Å². The van der Waals surface area contributed by atoms with E-state index < -0.39 is 5.97 Å². The molecule has 0 saturated carbocycles. The summed E-state index contributed by atoms with van der Waals surface area (Å²) in [6.45, 7) is 6.10. The molecule has 0 atom stereocenters. The smallest absolute Gasteiger partial charge is 0.317 e. The molecule has 0 aromatic rings. The maximum Gasteiger partial charge on any atom is 0.317 e. The molecule has 0 aromatic heterocycles. The first-order valence-corrected chi connectivity index (χ1v) is 6.39. The van der Waals surface area contributed by atoms with Gasteiger partial charge in [-0.15, -0.1) is 0 Å². The number of likely N-dealkylation sites (N-methyl/N-ethyl adjacent to an activating group) is 1. The molecular formula is C12H25N3O2. The van der Waals surface area contributed by atoms with Crippen LogP contribution in [0.2, 0.25) is 0 Å². The van der Waals surface area contributed by atoms with Gasteiger partial charge in [-0.25, -0.2) is 0 Å². The SMILES string of the molecule is CN(C)CCN(CCN1CCCC1)CC(=O)O. The van der Waals surface area contributed by atoms with E-state index in [9.17, 15) is 4.79 Å². The number of likely N-dealkylation sites (tertiary alicyclic amines) is 1. The second-order valence-electron chi connectivity index (χ2n) is 5.02. The molecule has 0 amide bonds. The van der Waals surface area contributed by atoms with E-state index in [4.69, 9.17) is 5.11 Å². The van der Waals surface area contributed by atoms with Crippen LogP contribution in [0.5, 0.6) is 0 Å². The van der Waals surface area contributed by atoms with Crippen molar-refractivity contribution in [3.05, 3.63) is 0 Å². The molecule has 1 rings (SSSR count). The monoisotopic (exact) mass is 243 g/mol. The van der Waals surface area contributed by atoms with Gasteiger partial charge in [0.05, 0.1) is 6.54 Å². The Morgan fingerprint density at radius 2 is 1.82 bits per heavy atom. The summed E-state index contributed by atoms with van der Waals surface area (Å²) in [7, 11) is 4.03. The molecule has 1 fully saturated rings. The lowest BCUT2D eigenvalue weighted by molar-refractivity contribution is -0.138. The van der Waals surface area contributed by atoms with E-state index >= 15 is 0 Å². The third kappa shape index (κ3) is 6.61. The van der Waals surface area contributed by atoms with Crippen molar-refractivity contribution in [1.82, 2.24) is 14.7 Å². The molecular weight excluding hydrogens is 218 g/mol. The Hall–Kier alpha value is -0.650. The number of hydrogen-bond acceptors (Lipinski definition) is 4. The molecule has 0 aromatic carbocycles. The maximum absolute atomic E-state index is 10.8. The Bertz CT molecular complexity index is 228. The molecule has 1 saturated heterocycles. The minimum Gasteiger partial charge on any atom is -0.480 e. The zero-order chi connectivity index (χ0) is 12.7. The van der Waals surface area contributed by atoms with Gasteiger partial charge in [-0.05, 0) is 40.0 Å². The lowest BCUT2D eigenvalue weighted by Crippen LogP contribution is -2.40. The van der Waals surface area contributed by atoms with Crippen molar-refractivity contribution in [2.45, 2.75) is 12.8 Å². The van der Waals surface area contributed by atoms with Crippen LogP contribution >= 0.6 is 0 Å². The van der Waals surface area contributed by atoms with Crippen LogP contribution in [-0.2, 0) is 4.79 Å². The summed E-state index contributed by atoms with van der Waals surface area (Å²) in [5.41, 5.74) is 0. The summed E-state index contributed by atoms with van der Waals surface area (Å²) in [6, 6.07) is 0. The van der Waals surface area contributed by atoms with E-state index in [0.29, 0.717) is 0 Å². The highest BCUT2D eigenvalue weighted by Crippen LogP contribution is 2.06. The van der Waals surface area contributed by atoms with Crippen molar-refractivity contribution in [3.63, 3.8) is 0 Å². The topological polar surface area (TPSA) is 47.0 Å². The normalized spacial score (nSPS) is 17.2. The highest BCUT2D eigenvalue weighted by Gasteiger charge is 2.14. The first-order valence-electron chi connectivity index (χ1n) is 6.39. The van der Waals surface area contributed by atoms with Gasteiger partial charge in [-0.2, -0.15) is 0 Å². The summed E-state index contributed by atoms with van der Waals surface area (Å²) in [5.74, 6) is -0.731. The minimum atomic E-state index is -0.731. The first-order chi connectivity index (χ1) is 8.08. The molecule has 0 unspecified atom stereocenters. The van der Waals surface area contributed by atoms with Crippen LogP contribution in [0.3, 0.4) is 0 Å². The number of hydrogen-bond donors (Lipinski definition) is 1. The summed E-state index contributed by atoms with van der Waals surface area (Å²) in [6.07, 6.45) is 2.58. The fourth-order valence-electron chi connectivity index (χ4n) is 2.09. The van der Waals surface area contributed by atoms with Crippen molar-refractivity contribution < 1.29 is 9.90 Å². The van der Waals surface area contributed by atoms with E-state index in [1.54, 1.807) is 0 Å². The molecule has 0 aliphatic carbocycles. The molecule has 1 heterocycles. The molecule has 0 bridgehead atoms. The van der Waals surface area contributed by atoms with Crippen molar-refractivity contribution in [2.24, 2.45) is 0 Å². The number of carbonyl (C=O) groups is 1. The Kier molecular flexibility index (Phi) is 6.47. The first kappa shape index (κ1) is 14.4. The van der Waals surface area contributed by atoms with Gasteiger partial charge in [0.25, 0.3) is 0 Å². The van der Waals surface area contributed by atoms with Crippen LogP contribution in [-0.4, -0.2) is 85.7 Å². The summed E-state index contributed by atoms with van der Waals surface area (Å²) >= 11 is 0. The zero-order valence-electron chi connectivity index (χ0n) is 11.1. The lowest BCUT2D eigenvalue weighted by atomic mass is 10.4. The molecule has 100 valence electrons. The van der Waals surface area contributed by atoms with Crippen molar-refractivity contribution >= 4 is 5.97 Å². The summed E-state index contributed by atoms with van der Waals surface area (Å²) in [5, 5.41) is 8.87. The van der Waals surface area contributed by atoms with Gasteiger partial charge in [-0.3, -0.25) is 9.69 Å². The molecule has 17 heavy (non-hydrogen) atoms. The fraction of sp³-hybridized carbons (Fsp3) is 0.917. The second-order valence-corrected chi connectivity index (χ2v) is 5.02. The average Bonchev–Trinajstić information content (AvgIpc) is 2.74. The summed E-state index contributed by atoms with van der Waals surface area (Å²) in [4.78, 5) is 17.3. The Labute approximate surface area is 104 Å². The van der Waals surface area contributed by atoms with Crippen LogP contribution in [0.4, 0.5) is 0 Å². The highest BCUT2D eigenvalue weighted by atomic mass is 16.4. The molecule has 1 aliphatic rings. The minimum absolute atomic E-state index is 0.154. The van der Waals surface area contributed by atoms with Crippen LogP contribution in [0.1, 0.15) is 12.8 Å². The van der Waals surface area contributed by atoms with Crippen LogP contribution in [0.25, 0.3) is 0 Å². The van der Waals surface area contributed by atoms with Crippen molar-refractivity contribution in [2.75, 3.05) is 59.9 Å². The van der Waals surface area contributed by atoms with Crippen LogP contribution < -0.4 is 0 Å². The molecule has 0 spiro atoms. The number of aliphatic carboxylic acids is 1. The van der Waals surface area contributed by atoms with E-state index in [1.807, 2.05) is 19.0 Å². The average molecular weight is 243 g/mol. The van der Waals surface area contributed by atoms with Gasteiger partial charge in [-0.1, -0.05) is 0 Å². The van der Waals surface area contributed by atoms with Gasteiger partial charge < -0.3 is 14.9 Å². The Balaban J connectivity index is 2.25. The highest BCUT2D eigenvalue weighted by molar-refractivity contribution is 5.69. The largest absolute Gasteiger partial charge is 0.480 e. The van der Waals surface area contributed by atoms with E-state index in [-0.39, 0.29) is 6.54 Å². The number of carboxylic acids is 1. The lowest BCUT2D eigenvalue weighted by Gasteiger charge is -2.24. The third-order valence-electron chi connectivity index (χ3n) is 3.15. The van der Waals surface area contributed by atoms with Gasteiger partial charge >= 0.3 is 5.97 Å². The molecule has 5 nitrogen and oxygen atoms in total. The molecule has 5 heteroatoms. The molecule has 1 N–H and O–H groups in total. The predicted molar refractivity (Wildman–Crippen MR) is 68.3 cm³/mol. The van der Waals surface area contributed by atoms with Gasteiger partial charge in [0.2, 0.25) is 0 Å². The van der Waals surface area contributed by atoms with Crippen LogP contribution in [0, 0.1) is 0 Å². The molecule has 1 aliphatic heterocycles. The Morgan fingerprint density at radius 1 is 1.18 bits per heavy atom. The molecule has 0 radical (unpaired) electrons.